The number of hydroxylamine groups is 2. The number of ether oxygens (including phenoxy) is 1. The van der Waals surface area contributed by atoms with Gasteiger partial charge in [0, 0.05) is 36.8 Å². The first-order valence-corrected chi connectivity index (χ1v) is 24.2. The molecule has 0 bridgehead atoms. The Labute approximate surface area is 342 Å². The van der Waals surface area contributed by atoms with E-state index in [2.05, 4.69) is 41.5 Å². The minimum absolute atomic E-state index is 0.0853. The van der Waals surface area contributed by atoms with Crippen molar-refractivity contribution in [3.8, 4) is 0 Å². The maximum absolute atomic E-state index is 13.3. The lowest BCUT2D eigenvalue weighted by Gasteiger charge is -2.53. The van der Waals surface area contributed by atoms with Crippen LogP contribution in [0, 0.1) is 5.41 Å². The average Bonchev–Trinajstić information content (AvgIpc) is 3.13. The molecule has 1 aliphatic heterocycles. The van der Waals surface area contributed by atoms with Crippen molar-refractivity contribution in [2.45, 2.75) is 284 Å². The Morgan fingerprint density at radius 1 is 0.545 bits per heavy atom. The molecule has 6 nitrogen and oxygen atoms in total. The summed E-state index contributed by atoms with van der Waals surface area (Å²) in [6.45, 7) is 14.8. The molecule has 1 N–H and O–H groups in total. The van der Waals surface area contributed by atoms with Crippen LogP contribution in [0.15, 0.2) is 0 Å². The highest BCUT2D eigenvalue weighted by Crippen LogP contribution is 2.41. The maximum Gasteiger partial charge on any atom is 0.306 e. The van der Waals surface area contributed by atoms with Crippen LogP contribution in [0.5, 0.6) is 0 Å². The third-order valence-electron chi connectivity index (χ3n) is 12.4. The molecule has 6 heteroatoms. The largest absolute Gasteiger partial charge is 0.462 e. The molecular weight excluding hydrogens is 683 g/mol. The van der Waals surface area contributed by atoms with E-state index >= 15 is 0 Å². The molecular formula is C49H95NO5. The monoisotopic (exact) mass is 778 g/mol. The predicted molar refractivity (Wildman–Crippen MR) is 234 cm³/mol. The van der Waals surface area contributed by atoms with Gasteiger partial charge in [0.25, 0.3) is 0 Å². The van der Waals surface area contributed by atoms with E-state index in [1.54, 1.807) is 0 Å². The maximum atomic E-state index is 13.3. The number of rotatable bonds is 38. The number of esters is 1. The number of hydrogen-bond acceptors (Lipinski definition) is 6. The van der Waals surface area contributed by atoms with Gasteiger partial charge in [0.15, 0.2) is 0 Å². The summed E-state index contributed by atoms with van der Waals surface area (Å²) < 4.78 is 6.04. The highest BCUT2D eigenvalue weighted by atomic mass is 16.7. The van der Waals surface area contributed by atoms with Gasteiger partial charge in [0.05, 0.1) is 18.6 Å². The molecule has 55 heavy (non-hydrogen) atoms. The second-order valence-electron chi connectivity index (χ2n) is 19.3. The zero-order chi connectivity index (χ0) is 40.7. The Hall–Kier alpha value is -0.980. The molecule has 0 amide bonds. The minimum Gasteiger partial charge on any atom is -0.462 e. The van der Waals surface area contributed by atoms with Gasteiger partial charge in [0.2, 0.25) is 0 Å². The van der Waals surface area contributed by atoms with Crippen molar-refractivity contribution in [2.24, 2.45) is 5.41 Å². The summed E-state index contributed by atoms with van der Waals surface area (Å²) in [5, 5.41) is 12.3. The SMILES string of the molecule is CCCCCCCCCCCCCCCCCC(=O)OC1CC(C)(C)N(OCC(C)(CO)C(=O)CCCCCCCCCCCCCCCCC)C(C)(C)C1. The first kappa shape index (κ1) is 52.0. The summed E-state index contributed by atoms with van der Waals surface area (Å²) in [7, 11) is 0. The number of nitrogens with zero attached hydrogens (tertiary/aromatic N) is 1. The van der Waals surface area contributed by atoms with E-state index in [1.807, 2.05) is 12.0 Å². The number of piperidine rings is 1. The van der Waals surface area contributed by atoms with E-state index < -0.39 is 16.5 Å². The molecule has 0 aliphatic carbocycles. The van der Waals surface area contributed by atoms with Crippen molar-refractivity contribution in [3.05, 3.63) is 0 Å². The summed E-state index contributed by atoms with van der Waals surface area (Å²) >= 11 is 0. The van der Waals surface area contributed by atoms with Crippen LogP contribution in [0.1, 0.15) is 267 Å². The molecule has 0 aromatic carbocycles. The van der Waals surface area contributed by atoms with Gasteiger partial charge in [-0.2, -0.15) is 5.06 Å². The number of aliphatic hydroxyl groups excluding tert-OH is 1. The van der Waals surface area contributed by atoms with Crippen LogP contribution in [0.4, 0.5) is 0 Å². The minimum atomic E-state index is -0.932. The van der Waals surface area contributed by atoms with Crippen molar-refractivity contribution in [3.63, 3.8) is 0 Å². The number of carbonyl (C=O) groups is 2. The van der Waals surface area contributed by atoms with Crippen molar-refractivity contribution >= 4 is 11.8 Å². The lowest BCUT2D eigenvalue weighted by Crippen LogP contribution is -2.62. The van der Waals surface area contributed by atoms with E-state index in [-0.39, 0.29) is 31.1 Å². The van der Waals surface area contributed by atoms with Crippen LogP contribution >= 0.6 is 0 Å². The van der Waals surface area contributed by atoms with Crippen LogP contribution in [-0.2, 0) is 19.2 Å². The fourth-order valence-corrected chi connectivity index (χ4v) is 8.87. The fourth-order valence-electron chi connectivity index (χ4n) is 8.87. The van der Waals surface area contributed by atoms with E-state index in [0.717, 1.165) is 25.7 Å². The number of ketones is 1. The van der Waals surface area contributed by atoms with E-state index in [9.17, 15) is 14.7 Å². The van der Waals surface area contributed by atoms with E-state index in [0.29, 0.717) is 25.7 Å². The number of unbranched alkanes of at least 4 members (excludes halogenated alkanes) is 28. The highest BCUT2D eigenvalue weighted by Gasteiger charge is 2.49. The number of carbonyl (C=O) groups excluding carboxylic acids is 2. The van der Waals surface area contributed by atoms with Crippen LogP contribution in [0.2, 0.25) is 0 Å². The zero-order valence-corrected chi connectivity index (χ0v) is 38.1. The molecule has 326 valence electrons. The smallest absolute Gasteiger partial charge is 0.306 e. The molecule has 0 spiro atoms. The Bertz CT molecular complexity index is 916. The highest BCUT2D eigenvalue weighted by molar-refractivity contribution is 5.84. The van der Waals surface area contributed by atoms with Crippen molar-refractivity contribution in [1.82, 2.24) is 5.06 Å². The lowest BCUT2D eigenvalue weighted by molar-refractivity contribution is -0.303. The molecule has 1 rings (SSSR count). The first-order chi connectivity index (χ1) is 26.4. The summed E-state index contributed by atoms with van der Waals surface area (Å²) in [6.07, 6.45) is 41.3. The van der Waals surface area contributed by atoms with Crippen molar-refractivity contribution in [2.75, 3.05) is 13.2 Å². The third kappa shape index (κ3) is 25.2. The van der Waals surface area contributed by atoms with Gasteiger partial charge in [-0.15, -0.1) is 0 Å². The molecule has 1 fully saturated rings. The number of aliphatic hydroxyl groups is 1. The second kappa shape index (κ2) is 31.9. The van der Waals surface area contributed by atoms with Gasteiger partial charge in [-0.1, -0.05) is 194 Å². The third-order valence-corrected chi connectivity index (χ3v) is 12.4. The predicted octanol–water partition coefficient (Wildman–Crippen LogP) is 14.6. The van der Waals surface area contributed by atoms with Crippen LogP contribution in [-0.4, -0.2) is 52.3 Å². The van der Waals surface area contributed by atoms with Crippen molar-refractivity contribution in [1.29, 1.82) is 0 Å². The zero-order valence-electron chi connectivity index (χ0n) is 38.1. The van der Waals surface area contributed by atoms with Crippen LogP contribution in [0.3, 0.4) is 0 Å². The standard InChI is InChI=1S/C49H95NO5/c1-8-10-12-14-16-18-20-22-24-26-28-30-32-34-36-38-45(52)49(7,42-51)43-54-50-47(3,4)40-44(41-48(50,5)6)55-46(53)39-37-35-33-31-29-27-25-23-21-19-17-15-13-11-9-2/h44,51H,8-43H2,1-7H3. The molecule has 1 atom stereocenters. The van der Waals surface area contributed by atoms with Gasteiger partial charge in [-0.05, 0) is 47.5 Å². The molecule has 0 saturated carbocycles. The summed E-state index contributed by atoms with van der Waals surface area (Å²) in [5.41, 5.74) is -1.72. The molecule has 0 aromatic rings. The molecule has 0 aromatic heterocycles. The van der Waals surface area contributed by atoms with Gasteiger partial charge in [-0.3, -0.25) is 14.4 Å². The Kier molecular flexibility index (Phi) is 30.2. The van der Waals surface area contributed by atoms with Gasteiger partial charge in [0.1, 0.15) is 11.9 Å². The van der Waals surface area contributed by atoms with Crippen LogP contribution in [0.25, 0.3) is 0 Å². The molecule has 1 aliphatic rings. The fraction of sp³-hybridized carbons (Fsp3) is 0.959. The number of Topliss-reactive ketones (excluding diaryl/α,β-unsaturated/α-hetero) is 1. The number of hydrogen-bond donors (Lipinski definition) is 1. The van der Waals surface area contributed by atoms with Gasteiger partial charge in [-0.25, -0.2) is 0 Å². The summed E-state index contributed by atoms with van der Waals surface area (Å²) in [5.74, 6) is 0.000780. The molecule has 1 unspecified atom stereocenters. The Balaban J connectivity index is 2.24. The average molecular weight is 778 g/mol. The molecule has 1 heterocycles. The van der Waals surface area contributed by atoms with Crippen LogP contribution < -0.4 is 0 Å². The summed E-state index contributed by atoms with van der Waals surface area (Å²) in [6, 6.07) is 0. The van der Waals surface area contributed by atoms with E-state index in [4.69, 9.17) is 9.57 Å². The second-order valence-corrected chi connectivity index (χ2v) is 19.3. The molecule has 0 radical (unpaired) electrons. The van der Waals surface area contributed by atoms with Gasteiger partial charge < -0.3 is 9.84 Å². The Morgan fingerprint density at radius 2 is 0.855 bits per heavy atom. The van der Waals surface area contributed by atoms with E-state index in [1.165, 1.54) is 167 Å². The molecule has 1 saturated heterocycles. The first-order valence-electron chi connectivity index (χ1n) is 24.2. The summed E-state index contributed by atoms with van der Waals surface area (Å²) in [4.78, 5) is 32.6. The lowest BCUT2D eigenvalue weighted by atomic mass is 9.80. The Morgan fingerprint density at radius 3 is 1.18 bits per heavy atom. The van der Waals surface area contributed by atoms with Crippen molar-refractivity contribution < 1.29 is 24.3 Å². The topological polar surface area (TPSA) is 76.1 Å². The quantitative estimate of drug-likeness (QED) is 0.0497. The normalized spacial score (nSPS) is 17.0. The van der Waals surface area contributed by atoms with Gasteiger partial charge >= 0.3 is 5.97 Å².